The first-order valence-electron chi connectivity index (χ1n) is 5.47. The van der Waals surface area contributed by atoms with Crippen molar-refractivity contribution >= 4 is 12.0 Å². The van der Waals surface area contributed by atoms with Crippen molar-refractivity contribution in [2.45, 2.75) is 0 Å². The van der Waals surface area contributed by atoms with Gasteiger partial charge in [0, 0.05) is 32.4 Å². The number of halogens is 1. The Hall–Kier alpha value is -2.18. The molecule has 0 unspecified atom stereocenters. The van der Waals surface area contributed by atoms with Gasteiger partial charge in [-0.3, -0.25) is 4.79 Å². The Morgan fingerprint density at radius 1 is 1.22 bits per heavy atom. The standard InChI is InChI=1S/C11H12FN3O3/c12-8-2-1-3-13-9(8)10(16)14-4-6-15(7-5-14)11(17)18/h1-3H,4-7H2,(H,17,18). The second kappa shape index (κ2) is 4.99. The number of amides is 2. The Morgan fingerprint density at radius 2 is 1.83 bits per heavy atom. The van der Waals surface area contributed by atoms with Crippen molar-refractivity contribution in [1.29, 1.82) is 0 Å². The highest BCUT2D eigenvalue weighted by molar-refractivity contribution is 5.92. The van der Waals surface area contributed by atoms with Gasteiger partial charge in [0.1, 0.15) is 0 Å². The Bertz CT molecular complexity index is 472. The Labute approximate surface area is 103 Å². The predicted molar refractivity (Wildman–Crippen MR) is 59.7 cm³/mol. The maximum Gasteiger partial charge on any atom is 0.407 e. The Balaban J connectivity index is 2.04. The van der Waals surface area contributed by atoms with E-state index in [0.717, 1.165) is 0 Å². The van der Waals surface area contributed by atoms with Gasteiger partial charge in [-0.1, -0.05) is 0 Å². The minimum atomic E-state index is -1.01. The summed E-state index contributed by atoms with van der Waals surface area (Å²) in [7, 11) is 0. The van der Waals surface area contributed by atoms with E-state index in [4.69, 9.17) is 5.11 Å². The van der Waals surface area contributed by atoms with Gasteiger partial charge in [-0.25, -0.2) is 14.2 Å². The van der Waals surface area contributed by atoms with Gasteiger partial charge in [0.15, 0.2) is 11.5 Å². The molecule has 96 valence electrons. The molecule has 1 aromatic heterocycles. The Kier molecular flexibility index (Phi) is 3.40. The molecule has 2 rings (SSSR count). The minimum absolute atomic E-state index is 0.221. The van der Waals surface area contributed by atoms with Crippen LogP contribution in [0.5, 0.6) is 0 Å². The van der Waals surface area contributed by atoms with Gasteiger partial charge in [-0.2, -0.15) is 0 Å². The molecule has 1 aliphatic heterocycles. The summed E-state index contributed by atoms with van der Waals surface area (Å²) in [6.45, 7) is 0.966. The fourth-order valence-electron chi connectivity index (χ4n) is 1.79. The van der Waals surface area contributed by atoms with Crippen LogP contribution in [0.25, 0.3) is 0 Å². The zero-order valence-electron chi connectivity index (χ0n) is 9.54. The molecule has 18 heavy (non-hydrogen) atoms. The Morgan fingerprint density at radius 3 is 2.39 bits per heavy atom. The lowest BCUT2D eigenvalue weighted by Gasteiger charge is -2.32. The van der Waals surface area contributed by atoms with Crippen molar-refractivity contribution in [1.82, 2.24) is 14.8 Å². The van der Waals surface area contributed by atoms with Crippen LogP contribution < -0.4 is 0 Å². The third-order valence-electron chi connectivity index (χ3n) is 2.80. The number of pyridine rings is 1. The highest BCUT2D eigenvalue weighted by Gasteiger charge is 2.26. The van der Waals surface area contributed by atoms with Crippen LogP contribution in [0.4, 0.5) is 9.18 Å². The molecule has 6 nitrogen and oxygen atoms in total. The smallest absolute Gasteiger partial charge is 0.407 e. The molecule has 2 heterocycles. The number of nitrogens with zero attached hydrogens (tertiary/aromatic N) is 3. The van der Waals surface area contributed by atoms with Crippen LogP contribution in [0.3, 0.4) is 0 Å². The highest BCUT2D eigenvalue weighted by atomic mass is 19.1. The molecule has 7 heteroatoms. The second-order valence-corrected chi connectivity index (χ2v) is 3.90. The first kappa shape index (κ1) is 12.3. The summed E-state index contributed by atoms with van der Waals surface area (Å²) in [5, 5.41) is 8.77. The maximum absolute atomic E-state index is 13.4. The van der Waals surface area contributed by atoms with Crippen molar-refractivity contribution in [3.63, 3.8) is 0 Å². The SMILES string of the molecule is O=C(O)N1CCN(C(=O)c2ncccc2F)CC1. The molecule has 0 bridgehead atoms. The van der Waals surface area contributed by atoms with Gasteiger partial charge in [-0.15, -0.1) is 0 Å². The highest BCUT2D eigenvalue weighted by Crippen LogP contribution is 2.10. The van der Waals surface area contributed by atoms with Gasteiger partial charge >= 0.3 is 6.09 Å². The van der Waals surface area contributed by atoms with E-state index in [0.29, 0.717) is 0 Å². The second-order valence-electron chi connectivity index (χ2n) is 3.90. The fraction of sp³-hybridized carbons (Fsp3) is 0.364. The molecule has 0 spiro atoms. The quantitative estimate of drug-likeness (QED) is 0.797. The number of aromatic nitrogens is 1. The molecule has 0 aromatic carbocycles. The van der Waals surface area contributed by atoms with Crippen LogP contribution in [0, 0.1) is 5.82 Å². The molecule has 2 amide bonds. The summed E-state index contributed by atoms with van der Waals surface area (Å²) in [6, 6.07) is 2.59. The molecule has 0 aliphatic carbocycles. The molecule has 0 radical (unpaired) electrons. The summed E-state index contributed by atoms with van der Waals surface area (Å²) in [6.07, 6.45) is 0.343. The van der Waals surface area contributed by atoms with Crippen molar-refractivity contribution in [3.05, 3.63) is 29.8 Å². The zero-order chi connectivity index (χ0) is 13.1. The van der Waals surface area contributed by atoms with Crippen LogP contribution in [0.2, 0.25) is 0 Å². The summed E-state index contributed by atoms with van der Waals surface area (Å²) in [5.74, 6) is -1.17. The van der Waals surface area contributed by atoms with Crippen molar-refractivity contribution in [2.24, 2.45) is 0 Å². The van der Waals surface area contributed by atoms with Crippen LogP contribution in [-0.4, -0.2) is 58.1 Å². The first-order chi connectivity index (χ1) is 8.59. The van der Waals surface area contributed by atoms with Gasteiger partial charge in [-0.05, 0) is 12.1 Å². The minimum Gasteiger partial charge on any atom is -0.465 e. The van der Waals surface area contributed by atoms with Crippen LogP contribution in [0.1, 0.15) is 10.5 Å². The number of carbonyl (C=O) groups is 2. The monoisotopic (exact) mass is 253 g/mol. The lowest BCUT2D eigenvalue weighted by molar-refractivity contribution is 0.0614. The van der Waals surface area contributed by atoms with Crippen molar-refractivity contribution in [3.8, 4) is 0 Å². The van der Waals surface area contributed by atoms with Crippen molar-refractivity contribution < 1.29 is 19.1 Å². The molecule has 1 aromatic rings. The fourth-order valence-corrected chi connectivity index (χ4v) is 1.79. The van der Waals surface area contributed by atoms with E-state index in [1.807, 2.05) is 0 Å². The molecule has 1 saturated heterocycles. The number of hydrogen-bond acceptors (Lipinski definition) is 3. The van der Waals surface area contributed by atoms with E-state index < -0.39 is 17.8 Å². The average Bonchev–Trinajstić information content (AvgIpc) is 2.38. The van der Waals surface area contributed by atoms with Gasteiger partial charge < -0.3 is 14.9 Å². The van der Waals surface area contributed by atoms with Crippen LogP contribution in [-0.2, 0) is 0 Å². The average molecular weight is 253 g/mol. The van der Waals surface area contributed by atoms with E-state index >= 15 is 0 Å². The number of carbonyl (C=O) groups excluding carboxylic acids is 1. The molecular weight excluding hydrogens is 241 g/mol. The van der Waals surface area contributed by atoms with E-state index in [9.17, 15) is 14.0 Å². The molecule has 1 aliphatic rings. The molecule has 0 atom stereocenters. The normalized spacial score (nSPS) is 15.6. The molecule has 0 saturated carbocycles. The third kappa shape index (κ3) is 2.39. The van der Waals surface area contributed by atoms with Crippen LogP contribution in [0.15, 0.2) is 18.3 Å². The van der Waals surface area contributed by atoms with Gasteiger partial charge in [0.05, 0.1) is 0 Å². The molecule has 1 fully saturated rings. The van der Waals surface area contributed by atoms with Gasteiger partial charge in [0.25, 0.3) is 5.91 Å². The summed E-state index contributed by atoms with van der Waals surface area (Å²) in [4.78, 5) is 29.0. The first-order valence-corrected chi connectivity index (χ1v) is 5.47. The van der Waals surface area contributed by atoms with E-state index in [2.05, 4.69) is 4.98 Å². The lowest BCUT2D eigenvalue weighted by atomic mass is 10.2. The van der Waals surface area contributed by atoms with Gasteiger partial charge in [0.2, 0.25) is 0 Å². The van der Waals surface area contributed by atoms with E-state index in [1.165, 1.54) is 28.1 Å². The van der Waals surface area contributed by atoms with Crippen LogP contribution >= 0.6 is 0 Å². The van der Waals surface area contributed by atoms with E-state index in [-0.39, 0.29) is 31.9 Å². The third-order valence-corrected chi connectivity index (χ3v) is 2.80. The van der Waals surface area contributed by atoms with E-state index in [1.54, 1.807) is 0 Å². The lowest BCUT2D eigenvalue weighted by Crippen LogP contribution is -2.50. The summed E-state index contributed by atoms with van der Waals surface area (Å²) < 4.78 is 13.4. The maximum atomic E-state index is 13.4. The number of rotatable bonds is 1. The summed E-state index contributed by atoms with van der Waals surface area (Å²) in [5.41, 5.74) is -0.221. The van der Waals surface area contributed by atoms with Crippen molar-refractivity contribution in [2.75, 3.05) is 26.2 Å². The molecule has 1 N–H and O–H groups in total. The number of hydrogen-bond donors (Lipinski definition) is 1. The molecular formula is C11H12FN3O3. The summed E-state index contributed by atoms with van der Waals surface area (Å²) >= 11 is 0. The largest absolute Gasteiger partial charge is 0.465 e. The topological polar surface area (TPSA) is 73.7 Å². The zero-order valence-corrected chi connectivity index (χ0v) is 9.54. The number of piperazine rings is 1. The number of carboxylic acid groups (broad SMARTS) is 1. The predicted octanol–water partition coefficient (Wildman–Crippen LogP) is 0.656.